The summed E-state index contributed by atoms with van der Waals surface area (Å²) in [5.41, 5.74) is -0.461. The van der Waals surface area contributed by atoms with Crippen molar-refractivity contribution in [2.24, 2.45) is 11.8 Å². The molecule has 3 N–H and O–H groups in total. The van der Waals surface area contributed by atoms with Crippen molar-refractivity contribution in [1.82, 2.24) is 10.6 Å². The molecule has 0 aliphatic heterocycles. The highest BCUT2D eigenvalue weighted by atomic mass is 16.6. The van der Waals surface area contributed by atoms with Crippen LogP contribution < -0.4 is 10.6 Å². The molecule has 1 amide bonds. The molecule has 3 atom stereocenters. The number of aliphatic hydroxyl groups is 1. The third-order valence-electron chi connectivity index (χ3n) is 4.75. The maximum absolute atomic E-state index is 11.8. The minimum Gasteiger partial charge on any atom is -0.444 e. The summed E-state index contributed by atoms with van der Waals surface area (Å²) < 4.78 is 5.28. The molecular weight excluding hydrogens is 292 g/mol. The SMILES string of the molecule is CCC(CC)C(O)CNC1CCCC1CNC(=O)OC(C)(C)C. The van der Waals surface area contributed by atoms with Gasteiger partial charge >= 0.3 is 6.09 Å². The maximum atomic E-state index is 11.8. The van der Waals surface area contributed by atoms with E-state index >= 15 is 0 Å². The first kappa shape index (κ1) is 20.2. The summed E-state index contributed by atoms with van der Waals surface area (Å²) in [6.07, 6.45) is 4.76. The number of rotatable bonds is 8. The van der Waals surface area contributed by atoms with Gasteiger partial charge in [0, 0.05) is 19.1 Å². The first-order chi connectivity index (χ1) is 10.8. The Labute approximate surface area is 141 Å². The van der Waals surface area contributed by atoms with Gasteiger partial charge in [0.25, 0.3) is 0 Å². The summed E-state index contributed by atoms with van der Waals surface area (Å²) in [7, 11) is 0. The zero-order valence-electron chi connectivity index (χ0n) is 15.5. The van der Waals surface area contributed by atoms with Crippen molar-refractivity contribution in [2.45, 2.75) is 84.5 Å². The Bertz CT molecular complexity index is 351. The van der Waals surface area contributed by atoms with Crippen LogP contribution in [0.2, 0.25) is 0 Å². The highest BCUT2D eigenvalue weighted by molar-refractivity contribution is 5.67. The molecule has 0 spiro atoms. The van der Waals surface area contributed by atoms with Crippen LogP contribution in [0, 0.1) is 11.8 Å². The Kier molecular flexibility index (Phi) is 8.34. The molecular formula is C18H36N2O3. The summed E-state index contributed by atoms with van der Waals surface area (Å²) >= 11 is 0. The van der Waals surface area contributed by atoms with E-state index in [2.05, 4.69) is 24.5 Å². The van der Waals surface area contributed by atoms with E-state index in [0.717, 1.165) is 25.7 Å². The Morgan fingerprint density at radius 3 is 2.48 bits per heavy atom. The molecule has 0 saturated heterocycles. The fourth-order valence-corrected chi connectivity index (χ4v) is 3.35. The van der Waals surface area contributed by atoms with Gasteiger partial charge in [-0.2, -0.15) is 0 Å². The Hall–Kier alpha value is -0.810. The van der Waals surface area contributed by atoms with Crippen LogP contribution in [0.25, 0.3) is 0 Å². The first-order valence-corrected chi connectivity index (χ1v) is 9.15. The number of aliphatic hydroxyl groups excluding tert-OH is 1. The van der Waals surface area contributed by atoms with Crippen molar-refractivity contribution in [2.75, 3.05) is 13.1 Å². The summed E-state index contributed by atoms with van der Waals surface area (Å²) in [4.78, 5) is 11.8. The predicted molar refractivity (Wildman–Crippen MR) is 93.4 cm³/mol. The molecule has 0 aromatic heterocycles. The van der Waals surface area contributed by atoms with Crippen molar-refractivity contribution in [3.05, 3.63) is 0 Å². The second kappa shape index (κ2) is 9.48. The summed E-state index contributed by atoms with van der Waals surface area (Å²) in [6.45, 7) is 11.1. The zero-order chi connectivity index (χ0) is 17.5. The van der Waals surface area contributed by atoms with Crippen LogP contribution in [0.5, 0.6) is 0 Å². The Morgan fingerprint density at radius 1 is 1.26 bits per heavy atom. The van der Waals surface area contributed by atoms with Gasteiger partial charge in [-0.05, 0) is 45.4 Å². The minimum atomic E-state index is -0.461. The molecule has 0 radical (unpaired) electrons. The van der Waals surface area contributed by atoms with Gasteiger partial charge in [-0.3, -0.25) is 0 Å². The van der Waals surface area contributed by atoms with Crippen LogP contribution in [-0.4, -0.2) is 42.0 Å². The summed E-state index contributed by atoms with van der Waals surface area (Å²) in [6, 6.07) is 0.369. The third kappa shape index (κ3) is 7.53. The number of carbonyl (C=O) groups excluding carboxylic acids is 1. The predicted octanol–water partition coefficient (Wildman–Crippen LogP) is 3.07. The number of alkyl carbamates (subject to hydrolysis) is 1. The van der Waals surface area contributed by atoms with E-state index < -0.39 is 5.60 Å². The van der Waals surface area contributed by atoms with Gasteiger partial charge in [0.2, 0.25) is 0 Å². The molecule has 136 valence electrons. The van der Waals surface area contributed by atoms with Crippen molar-refractivity contribution in [3.63, 3.8) is 0 Å². The molecule has 0 aromatic carbocycles. The molecule has 0 aromatic rings. The van der Waals surface area contributed by atoms with Crippen molar-refractivity contribution >= 4 is 6.09 Å². The molecule has 0 heterocycles. The van der Waals surface area contributed by atoms with Gasteiger partial charge in [-0.25, -0.2) is 4.79 Å². The van der Waals surface area contributed by atoms with Crippen LogP contribution >= 0.6 is 0 Å². The van der Waals surface area contributed by atoms with Gasteiger partial charge in [0.1, 0.15) is 5.60 Å². The smallest absolute Gasteiger partial charge is 0.407 e. The average molecular weight is 328 g/mol. The van der Waals surface area contributed by atoms with E-state index in [0.29, 0.717) is 31.0 Å². The van der Waals surface area contributed by atoms with Gasteiger partial charge in [0.05, 0.1) is 6.10 Å². The summed E-state index contributed by atoms with van der Waals surface area (Å²) in [5.74, 6) is 0.777. The molecule has 1 aliphatic rings. The van der Waals surface area contributed by atoms with Crippen LogP contribution in [0.1, 0.15) is 66.7 Å². The van der Waals surface area contributed by atoms with Crippen molar-refractivity contribution in [3.8, 4) is 0 Å². The lowest BCUT2D eigenvalue weighted by molar-refractivity contribution is 0.0515. The number of carbonyl (C=O) groups is 1. The number of ether oxygens (including phenoxy) is 1. The lowest BCUT2D eigenvalue weighted by atomic mass is 9.96. The average Bonchev–Trinajstić information content (AvgIpc) is 2.90. The lowest BCUT2D eigenvalue weighted by Gasteiger charge is -2.26. The number of hydrogen-bond donors (Lipinski definition) is 3. The minimum absolute atomic E-state index is 0.287. The zero-order valence-corrected chi connectivity index (χ0v) is 15.5. The van der Waals surface area contributed by atoms with Crippen LogP contribution in [0.4, 0.5) is 4.79 Å². The normalized spacial score (nSPS) is 23.1. The van der Waals surface area contributed by atoms with Crippen LogP contribution in [0.15, 0.2) is 0 Å². The van der Waals surface area contributed by atoms with E-state index in [-0.39, 0.29) is 12.2 Å². The maximum Gasteiger partial charge on any atom is 0.407 e. The Morgan fingerprint density at radius 2 is 1.91 bits per heavy atom. The molecule has 1 aliphatic carbocycles. The second-order valence-corrected chi connectivity index (χ2v) is 7.73. The fraction of sp³-hybridized carbons (Fsp3) is 0.944. The molecule has 1 rings (SSSR count). The van der Waals surface area contributed by atoms with E-state index in [1.807, 2.05) is 20.8 Å². The van der Waals surface area contributed by atoms with Gasteiger partial charge in [-0.15, -0.1) is 0 Å². The summed E-state index contributed by atoms with van der Waals surface area (Å²) in [5, 5.41) is 16.6. The van der Waals surface area contributed by atoms with Gasteiger partial charge in [-0.1, -0.05) is 33.1 Å². The third-order valence-corrected chi connectivity index (χ3v) is 4.75. The van der Waals surface area contributed by atoms with E-state index in [1.54, 1.807) is 0 Å². The standard InChI is InChI=1S/C18H36N2O3/c1-6-13(7-2)16(21)12-19-15-10-8-9-14(15)11-20-17(22)23-18(3,4)5/h13-16,19,21H,6-12H2,1-5H3,(H,20,22). The Balaban J connectivity index is 2.35. The van der Waals surface area contributed by atoms with Crippen molar-refractivity contribution < 1.29 is 14.6 Å². The fourth-order valence-electron chi connectivity index (χ4n) is 3.35. The van der Waals surface area contributed by atoms with E-state index in [4.69, 9.17) is 4.74 Å². The van der Waals surface area contributed by atoms with E-state index in [9.17, 15) is 9.90 Å². The number of nitrogens with one attached hydrogen (secondary N) is 2. The molecule has 0 bridgehead atoms. The molecule has 23 heavy (non-hydrogen) atoms. The monoisotopic (exact) mass is 328 g/mol. The molecule has 1 saturated carbocycles. The quantitative estimate of drug-likeness (QED) is 0.640. The second-order valence-electron chi connectivity index (χ2n) is 7.73. The highest BCUT2D eigenvalue weighted by Gasteiger charge is 2.29. The molecule has 3 unspecified atom stereocenters. The molecule has 5 nitrogen and oxygen atoms in total. The lowest BCUT2D eigenvalue weighted by Crippen LogP contribution is -2.44. The molecule has 1 fully saturated rings. The van der Waals surface area contributed by atoms with Crippen LogP contribution in [0.3, 0.4) is 0 Å². The van der Waals surface area contributed by atoms with E-state index in [1.165, 1.54) is 6.42 Å². The first-order valence-electron chi connectivity index (χ1n) is 9.15. The topological polar surface area (TPSA) is 70.6 Å². The molecule has 5 heteroatoms. The number of hydrogen-bond acceptors (Lipinski definition) is 4. The number of amides is 1. The van der Waals surface area contributed by atoms with Gasteiger partial charge in [0.15, 0.2) is 0 Å². The largest absolute Gasteiger partial charge is 0.444 e. The van der Waals surface area contributed by atoms with Gasteiger partial charge < -0.3 is 20.5 Å². The van der Waals surface area contributed by atoms with Crippen molar-refractivity contribution in [1.29, 1.82) is 0 Å². The van der Waals surface area contributed by atoms with Crippen LogP contribution in [-0.2, 0) is 4.74 Å². The highest BCUT2D eigenvalue weighted by Crippen LogP contribution is 2.25.